The minimum atomic E-state index is -4.03. The molecule has 0 radical (unpaired) electrons. The van der Waals surface area contributed by atoms with Crippen molar-refractivity contribution in [3.63, 3.8) is 0 Å². The molecule has 2 aromatic rings. The molecular formula is C20H18ClF2IO3S. The zero-order chi connectivity index (χ0) is 20.1. The van der Waals surface area contributed by atoms with Crippen LogP contribution in [0.2, 0.25) is 5.02 Å². The van der Waals surface area contributed by atoms with E-state index in [0.29, 0.717) is 23.8 Å². The van der Waals surface area contributed by atoms with E-state index in [9.17, 15) is 12.8 Å². The summed E-state index contributed by atoms with van der Waals surface area (Å²) in [6.45, 7) is 0.0489. The van der Waals surface area contributed by atoms with Crippen LogP contribution < -0.4 is 4.74 Å². The Morgan fingerprint density at radius 2 is 1.82 bits per heavy atom. The molecule has 1 aliphatic heterocycles. The van der Waals surface area contributed by atoms with E-state index in [2.05, 4.69) is 22.6 Å². The molecule has 0 amide bonds. The summed E-state index contributed by atoms with van der Waals surface area (Å²) >= 11 is 8.21. The van der Waals surface area contributed by atoms with Crippen molar-refractivity contribution in [1.82, 2.24) is 0 Å². The van der Waals surface area contributed by atoms with Gasteiger partial charge in [-0.15, -0.1) is 0 Å². The number of hydrogen-bond donors (Lipinski definition) is 0. The molecule has 1 heterocycles. The molecule has 8 heteroatoms. The Morgan fingerprint density at radius 1 is 1.14 bits per heavy atom. The van der Waals surface area contributed by atoms with Crippen molar-refractivity contribution in [1.29, 1.82) is 0 Å². The van der Waals surface area contributed by atoms with E-state index < -0.39 is 32.1 Å². The van der Waals surface area contributed by atoms with Gasteiger partial charge in [0.2, 0.25) is 0 Å². The molecule has 3 atom stereocenters. The maximum atomic E-state index is 15.0. The van der Waals surface area contributed by atoms with Crippen LogP contribution in [-0.4, -0.2) is 19.5 Å². The third-order valence-corrected chi connectivity index (χ3v) is 10.0. The van der Waals surface area contributed by atoms with E-state index in [1.54, 1.807) is 0 Å². The van der Waals surface area contributed by atoms with E-state index in [-0.39, 0.29) is 29.2 Å². The van der Waals surface area contributed by atoms with Gasteiger partial charge < -0.3 is 4.74 Å². The summed E-state index contributed by atoms with van der Waals surface area (Å²) in [6.07, 6.45) is 1.44. The number of rotatable bonds is 3. The Kier molecular flexibility index (Phi) is 5.37. The van der Waals surface area contributed by atoms with Crippen LogP contribution in [0.3, 0.4) is 0 Å². The molecule has 0 aromatic heterocycles. The van der Waals surface area contributed by atoms with Crippen LogP contribution in [0.1, 0.15) is 24.8 Å². The lowest BCUT2D eigenvalue weighted by Gasteiger charge is -2.48. The largest absolute Gasteiger partial charge is 0.490 e. The summed E-state index contributed by atoms with van der Waals surface area (Å²) in [6, 6.07) is 7.83. The van der Waals surface area contributed by atoms with E-state index in [1.165, 1.54) is 24.3 Å². The van der Waals surface area contributed by atoms with Gasteiger partial charge in [-0.2, -0.15) is 0 Å². The molecule has 3 nitrogen and oxygen atoms in total. The zero-order valence-electron chi connectivity index (χ0n) is 14.8. The van der Waals surface area contributed by atoms with E-state index in [1.807, 2.05) is 0 Å². The van der Waals surface area contributed by atoms with Gasteiger partial charge in [0.25, 0.3) is 0 Å². The summed E-state index contributed by atoms with van der Waals surface area (Å²) in [5.74, 6) is -1.89. The molecule has 4 rings (SSSR count). The Morgan fingerprint density at radius 3 is 2.50 bits per heavy atom. The molecule has 0 unspecified atom stereocenters. The summed E-state index contributed by atoms with van der Waals surface area (Å²) < 4.78 is 62.2. The second-order valence-electron chi connectivity index (χ2n) is 7.38. The van der Waals surface area contributed by atoms with Gasteiger partial charge in [0.1, 0.15) is 10.6 Å². The highest BCUT2D eigenvalue weighted by Crippen LogP contribution is 2.57. The monoisotopic (exact) mass is 538 g/mol. The topological polar surface area (TPSA) is 43.4 Å². The molecule has 0 spiro atoms. The van der Waals surface area contributed by atoms with Crippen LogP contribution in [0.15, 0.2) is 41.3 Å². The zero-order valence-corrected chi connectivity index (χ0v) is 18.5. The van der Waals surface area contributed by atoms with Crippen LogP contribution in [0.4, 0.5) is 8.78 Å². The van der Waals surface area contributed by atoms with Crippen LogP contribution in [-0.2, 0) is 14.6 Å². The van der Waals surface area contributed by atoms with Crippen molar-refractivity contribution in [2.45, 2.75) is 28.9 Å². The maximum absolute atomic E-state index is 15.0. The number of fused-ring (bicyclic) bond motifs is 3. The first-order valence-corrected chi connectivity index (χ1v) is 12.4. The highest BCUT2D eigenvalue weighted by Gasteiger charge is 2.59. The van der Waals surface area contributed by atoms with Gasteiger partial charge in [-0.3, -0.25) is 0 Å². The lowest BCUT2D eigenvalue weighted by atomic mass is 9.69. The highest BCUT2D eigenvalue weighted by atomic mass is 127. The number of alkyl halides is 1. The highest BCUT2D eigenvalue weighted by molar-refractivity contribution is 14.1. The lowest BCUT2D eigenvalue weighted by Crippen LogP contribution is -2.52. The van der Waals surface area contributed by atoms with Crippen molar-refractivity contribution in [2.24, 2.45) is 11.8 Å². The third kappa shape index (κ3) is 2.96. The lowest BCUT2D eigenvalue weighted by molar-refractivity contribution is 0.105. The molecule has 0 bridgehead atoms. The number of sulfone groups is 1. The number of ether oxygens (including phenoxy) is 1. The molecule has 2 aliphatic rings. The Labute approximate surface area is 181 Å². The molecule has 150 valence electrons. The fraction of sp³-hybridized carbons (Fsp3) is 0.400. The summed E-state index contributed by atoms with van der Waals surface area (Å²) in [5, 5.41) is 0.409. The first-order chi connectivity index (χ1) is 13.3. The predicted molar refractivity (Wildman–Crippen MR) is 112 cm³/mol. The fourth-order valence-corrected chi connectivity index (χ4v) is 7.86. The maximum Gasteiger partial charge on any atom is 0.188 e. The molecule has 1 fully saturated rings. The Hall–Kier alpha value is -0.930. The van der Waals surface area contributed by atoms with Gasteiger partial charge in [-0.05, 0) is 61.6 Å². The molecule has 28 heavy (non-hydrogen) atoms. The molecule has 1 saturated carbocycles. The summed E-state index contributed by atoms with van der Waals surface area (Å²) in [5.41, 5.74) is -0.161. The third-order valence-electron chi connectivity index (χ3n) is 5.93. The van der Waals surface area contributed by atoms with Crippen LogP contribution >= 0.6 is 34.2 Å². The van der Waals surface area contributed by atoms with E-state index in [4.69, 9.17) is 16.3 Å². The first-order valence-electron chi connectivity index (χ1n) is 8.98. The van der Waals surface area contributed by atoms with Gasteiger partial charge in [-0.25, -0.2) is 17.2 Å². The normalized spacial score (nSPS) is 26.9. The molecule has 2 aromatic carbocycles. The minimum absolute atomic E-state index is 0.0489. The van der Waals surface area contributed by atoms with Crippen molar-refractivity contribution < 1.29 is 21.9 Å². The van der Waals surface area contributed by atoms with E-state index >= 15 is 4.39 Å². The van der Waals surface area contributed by atoms with Gasteiger partial charge in [-0.1, -0.05) is 34.2 Å². The first kappa shape index (κ1) is 20.3. The SMILES string of the molecule is O=S(=O)(c1ccc(Cl)cc1)[C@]12CC[C@H](CI)C[C@H]1COc1c(F)ccc(F)c12. The summed E-state index contributed by atoms with van der Waals surface area (Å²) in [4.78, 5) is 0.0614. The van der Waals surface area contributed by atoms with Crippen LogP contribution in [0.5, 0.6) is 5.75 Å². The van der Waals surface area contributed by atoms with Crippen LogP contribution in [0.25, 0.3) is 0 Å². The molecule has 0 N–H and O–H groups in total. The second-order valence-corrected chi connectivity index (χ2v) is 10.9. The number of hydrogen-bond acceptors (Lipinski definition) is 3. The van der Waals surface area contributed by atoms with E-state index in [0.717, 1.165) is 16.6 Å². The quantitative estimate of drug-likeness (QED) is 0.381. The number of benzene rings is 2. The predicted octanol–water partition coefficient (Wildman–Crippen LogP) is 5.53. The second kappa shape index (κ2) is 7.40. The van der Waals surface area contributed by atoms with Crippen molar-refractivity contribution in [3.05, 3.63) is 58.6 Å². The fourth-order valence-electron chi connectivity index (χ4n) is 4.57. The summed E-state index contributed by atoms with van der Waals surface area (Å²) in [7, 11) is -4.03. The smallest absolute Gasteiger partial charge is 0.188 e. The minimum Gasteiger partial charge on any atom is -0.490 e. The average Bonchev–Trinajstić information content (AvgIpc) is 2.69. The molecule has 0 saturated heterocycles. The van der Waals surface area contributed by atoms with Crippen molar-refractivity contribution >= 4 is 44.0 Å². The van der Waals surface area contributed by atoms with Crippen molar-refractivity contribution in [2.75, 3.05) is 11.0 Å². The standard InChI is InChI=1S/C20H18ClF2IO3S/c21-14-1-3-15(4-2-14)28(25,26)20-8-7-12(10-24)9-13(20)11-27-19-17(23)6-5-16(22)18(19)20/h1-6,12-13H,7-11H2/t12-,13-,20+/m0/s1. The Bertz CT molecular complexity index is 1010. The van der Waals surface area contributed by atoms with Crippen LogP contribution in [0, 0.1) is 23.5 Å². The van der Waals surface area contributed by atoms with Gasteiger partial charge >= 0.3 is 0 Å². The molecular weight excluding hydrogens is 521 g/mol. The molecule has 1 aliphatic carbocycles. The number of halogens is 4. The van der Waals surface area contributed by atoms with Crippen molar-refractivity contribution in [3.8, 4) is 5.75 Å². The van der Waals surface area contributed by atoms with Gasteiger partial charge in [0, 0.05) is 15.4 Å². The van der Waals surface area contributed by atoms with Gasteiger partial charge in [0.05, 0.1) is 17.1 Å². The van der Waals surface area contributed by atoms with Gasteiger partial charge in [0.15, 0.2) is 21.4 Å². The average molecular weight is 539 g/mol. The Balaban J connectivity index is 1.99.